The number of rotatable bonds is 6. The number of aryl methyl sites for hydroxylation is 1. The van der Waals surface area contributed by atoms with Crippen molar-refractivity contribution >= 4 is 16.6 Å². The van der Waals surface area contributed by atoms with Crippen LogP contribution in [0.5, 0.6) is 0 Å². The maximum absolute atomic E-state index is 12.7. The molecular formula is C23H28N6O2. The van der Waals surface area contributed by atoms with E-state index in [9.17, 15) is 9.59 Å². The van der Waals surface area contributed by atoms with Gasteiger partial charge in [-0.15, -0.1) is 0 Å². The summed E-state index contributed by atoms with van der Waals surface area (Å²) in [5.41, 5.74) is 2.70. The molecule has 0 atom stereocenters. The van der Waals surface area contributed by atoms with Crippen LogP contribution in [-0.4, -0.2) is 56.7 Å². The second kappa shape index (κ2) is 8.26. The Kier molecular flexibility index (Phi) is 5.31. The quantitative estimate of drug-likeness (QED) is 0.602. The van der Waals surface area contributed by atoms with E-state index in [4.69, 9.17) is 0 Å². The SMILES string of the molecule is Cc1cc(=O)n(CCN2CCN(c3ccc4c(=O)n(CC5CC5)cnc4c3)CC2)cn1. The molecule has 2 aromatic heterocycles. The first-order valence-corrected chi connectivity index (χ1v) is 11.1. The molecule has 3 aromatic rings. The van der Waals surface area contributed by atoms with Gasteiger partial charge in [0.2, 0.25) is 0 Å². The number of aromatic nitrogens is 4. The van der Waals surface area contributed by atoms with E-state index in [1.54, 1.807) is 27.9 Å². The molecule has 162 valence electrons. The zero-order valence-electron chi connectivity index (χ0n) is 17.9. The van der Waals surface area contributed by atoms with Gasteiger partial charge in [0.15, 0.2) is 0 Å². The third kappa shape index (κ3) is 4.39. The van der Waals surface area contributed by atoms with Crippen molar-refractivity contribution in [2.45, 2.75) is 32.9 Å². The highest BCUT2D eigenvalue weighted by Crippen LogP contribution is 2.30. The van der Waals surface area contributed by atoms with Gasteiger partial charge in [0.1, 0.15) is 0 Å². The highest BCUT2D eigenvalue weighted by molar-refractivity contribution is 5.81. The molecule has 0 unspecified atom stereocenters. The van der Waals surface area contributed by atoms with Crippen LogP contribution in [0.25, 0.3) is 10.9 Å². The summed E-state index contributed by atoms with van der Waals surface area (Å²) in [4.78, 5) is 38.2. The van der Waals surface area contributed by atoms with Crippen molar-refractivity contribution in [3.05, 3.63) is 63.3 Å². The molecule has 1 saturated carbocycles. The van der Waals surface area contributed by atoms with Crippen LogP contribution in [0, 0.1) is 12.8 Å². The molecule has 31 heavy (non-hydrogen) atoms. The standard InChI is InChI=1S/C23H28N6O2/c1-17-12-22(30)28(15-24-17)11-8-26-6-9-27(10-7-26)19-4-5-20-21(13-19)25-16-29(23(20)31)14-18-2-3-18/h4-5,12-13,15-16,18H,2-3,6-11,14H2,1H3. The lowest BCUT2D eigenvalue weighted by atomic mass is 10.2. The second-order valence-electron chi connectivity index (χ2n) is 8.74. The fraction of sp³-hybridized carbons (Fsp3) is 0.478. The number of hydrogen-bond donors (Lipinski definition) is 0. The average Bonchev–Trinajstić information content (AvgIpc) is 3.59. The molecule has 0 radical (unpaired) electrons. The third-order valence-corrected chi connectivity index (χ3v) is 6.37. The summed E-state index contributed by atoms with van der Waals surface area (Å²) < 4.78 is 3.43. The van der Waals surface area contributed by atoms with Crippen molar-refractivity contribution in [2.75, 3.05) is 37.6 Å². The predicted molar refractivity (Wildman–Crippen MR) is 121 cm³/mol. The summed E-state index contributed by atoms with van der Waals surface area (Å²) >= 11 is 0. The van der Waals surface area contributed by atoms with Crippen LogP contribution in [0.4, 0.5) is 5.69 Å². The van der Waals surface area contributed by atoms with Crippen LogP contribution >= 0.6 is 0 Å². The molecule has 2 fully saturated rings. The van der Waals surface area contributed by atoms with Gasteiger partial charge in [-0.2, -0.15) is 0 Å². The monoisotopic (exact) mass is 420 g/mol. The molecule has 1 aromatic carbocycles. The summed E-state index contributed by atoms with van der Waals surface area (Å²) in [5.74, 6) is 0.647. The van der Waals surface area contributed by atoms with E-state index in [1.807, 2.05) is 25.1 Å². The number of fused-ring (bicyclic) bond motifs is 1. The lowest BCUT2D eigenvalue weighted by molar-refractivity contribution is 0.247. The van der Waals surface area contributed by atoms with Gasteiger partial charge in [0, 0.05) is 63.3 Å². The van der Waals surface area contributed by atoms with Gasteiger partial charge in [0.05, 0.1) is 23.6 Å². The van der Waals surface area contributed by atoms with Gasteiger partial charge < -0.3 is 4.90 Å². The van der Waals surface area contributed by atoms with E-state index in [0.29, 0.717) is 17.8 Å². The van der Waals surface area contributed by atoms with E-state index in [1.165, 1.54) is 12.8 Å². The molecule has 1 aliphatic carbocycles. The topological polar surface area (TPSA) is 76.3 Å². The first-order chi connectivity index (χ1) is 15.1. The van der Waals surface area contributed by atoms with Gasteiger partial charge in [-0.25, -0.2) is 9.97 Å². The minimum atomic E-state index is 0.00555. The zero-order chi connectivity index (χ0) is 21.4. The summed E-state index contributed by atoms with van der Waals surface area (Å²) in [6, 6.07) is 7.57. The number of piperazine rings is 1. The molecule has 5 rings (SSSR count). The van der Waals surface area contributed by atoms with E-state index in [0.717, 1.165) is 56.2 Å². The van der Waals surface area contributed by atoms with Crippen molar-refractivity contribution in [1.82, 2.24) is 24.0 Å². The summed E-state index contributed by atoms with van der Waals surface area (Å²) in [7, 11) is 0. The highest BCUT2D eigenvalue weighted by atomic mass is 16.1. The molecule has 1 saturated heterocycles. The summed E-state index contributed by atoms with van der Waals surface area (Å²) in [6.45, 7) is 7.78. The molecule has 2 aliphatic rings. The van der Waals surface area contributed by atoms with Crippen LogP contribution in [0.3, 0.4) is 0 Å². The normalized spacial score (nSPS) is 17.4. The molecule has 8 heteroatoms. The minimum absolute atomic E-state index is 0.00555. The number of nitrogens with zero attached hydrogens (tertiary/aromatic N) is 6. The molecule has 0 amide bonds. The van der Waals surface area contributed by atoms with Gasteiger partial charge in [-0.1, -0.05) is 0 Å². The molecule has 0 spiro atoms. The van der Waals surface area contributed by atoms with E-state index < -0.39 is 0 Å². The van der Waals surface area contributed by atoms with Gasteiger partial charge in [-0.05, 0) is 43.9 Å². The van der Waals surface area contributed by atoms with Gasteiger partial charge in [0.25, 0.3) is 11.1 Å². The summed E-state index contributed by atoms with van der Waals surface area (Å²) in [5, 5.41) is 0.697. The van der Waals surface area contributed by atoms with E-state index >= 15 is 0 Å². The summed E-state index contributed by atoms with van der Waals surface area (Å²) in [6.07, 6.45) is 5.77. The van der Waals surface area contributed by atoms with E-state index in [-0.39, 0.29) is 11.1 Å². The Labute approximate surface area is 180 Å². The number of hydrogen-bond acceptors (Lipinski definition) is 6. The maximum atomic E-state index is 12.7. The third-order valence-electron chi connectivity index (χ3n) is 6.37. The molecule has 3 heterocycles. The van der Waals surface area contributed by atoms with Crippen LogP contribution in [0.15, 0.2) is 46.5 Å². The fourth-order valence-electron chi connectivity index (χ4n) is 4.22. The largest absolute Gasteiger partial charge is 0.369 e. The van der Waals surface area contributed by atoms with Crippen LogP contribution in [0.1, 0.15) is 18.5 Å². The van der Waals surface area contributed by atoms with Crippen molar-refractivity contribution in [2.24, 2.45) is 5.92 Å². The molecule has 0 bridgehead atoms. The Hall–Kier alpha value is -3.00. The Balaban J connectivity index is 1.21. The van der Waals surface area contributed by atoms with Crippen molar-refractivity contribution in [1.29, 1.82) is 0 Å². The van der Waals surface area contributed by atoms with Crippen molar-refractivity contribution in [3.8, 4) is 0 Å². The Morgan fingerprint density at radius 1 is 0.935 bits per heavy atom. The van der Waals surface area contributed by atoms with Crippen LogP contribution in [-0.2, 0) is 13.1 Å². The second-order valence-corrected chi connectivity index (χ2v) is 8.74. The first-order valence-electron chi connectivity index (χ1n) is 11.1. The smallest absolute Gasteiger partial charge is 0.261 e. The molecule has 8 nitrogen and oxygen atoms in total. The van der Waals surface area contributed by atoms with Crippen LogP contribution < -0.4 is 16.0 Å². The molecular weight excluding hydrogens is 392 g/mol. The van der Waals surface area contributed by atoms with Crippen molar-refractivity contribution < 1.29 is 0 Å². The highest BCUT2D eigenvalue weighted by Gasteiger charge is 2.23. The van der Waals surface area contributed by atoms with Gasteiger partial charge in [-0.3, -0.25) is 23.6 Å². The lowest BCUT2D eigenvalue weighted by Crippen LogP contribution is -2.47. The van der Waals surface area contributed by atoms with Gasteiger partial charge >= 0.3 is 0 Å². The Morgan fingerprint density at radius 2 is 1.71 bits per heavy atom. The predicted octanol–water partition coefficient (Wildman–Crippen LogP) is 1.49. The zero-order valence-corrected chi connectivity index (χ0v) is 17.9. The van der Waals surface area contributed by atoms with Crippen molar-refractivity contribution in [3.63, 3.8) is 0 Å². The first kappa shape index (κ1) is 19.9. The molecule has 1 aliphatic heterocycles. The average molecular weight is 421 g/mol. The Bertz CT molecular complexity index is 1200. The van der Waals surface area contributed by atoms with E-state index in [2.05, 4.69) is 19.8 Å². The number of benzene rings is 1. The molecule has 0 N–H and O–H groups in total. The minimum Gasteiger partial charge on any atom is -0.369 e. The fourth-order valence-corrected chi connectivity index (χ4v) is 4.22. The number of anilines is 1. The lowest BCUT2D eigenvalue weighted by Gasteiger charge is -2.36. The maximum Gasteiger partial charge on any atom is 0.261 e. The Morgan fingerprint density at radius 3 is 2.45 bits per heavy atom. The van der Waals surface area contributed by atoms with Crippen LogP contribution in [0.2, 0.25) is 0 Å².